The van der Waals surface area contributed by atoms with Crippen molar-refractivity contribution in [1.82, 2.24) is 14.5 Å². The third-order valence-corrected chi connectivity index (χ3v) is 3.34. The van der Waals surface area contributed by atoms with Crippen molar-refractivity contribution in [3.63, 3.8) is 0 Å². The first-order valence-electron chi connectivity index (χ1n) is 6.67. The summed E-state index contributed by atoms with van der Waals surface area (Å²) in [6, 6.07) is 5.73. The van der Waals surface area contributed by atoms with Gasteiger partial charge in [0.15, 0.2) is 0 Å². The Bertz CT molecular complexity index is 635. The molecule has 0 spiro atoms. The first kappa shape index (κ1) is 15.1. The predicted molar refractivity (Wildman–Crippen MR) is 82.4 cm³/mol. The minimum absolute atomic E-state index is 0.0143. The van der Waals surface area contributed by atoms with E-state index >= 15 is 0 Å². The lowest BCUT2D eigenvalue weighted by Crippen LogP contribution is -2.20. The van der Waals surface area contributed by atoms with Crippen molar-refractivity contribution in [1.29, 1.82) is 5.41 Å². The van der Waals surface area contributed by atoms with E-state index in [4.69, 9.17) is 15.9 Å². The molecule has 2 aromatic rings. The summed E-state index contributed by atoms with van der Waals surface area (Å²) in [5.74, 6) is 1.65. The van der Waals surface area contributed by atoms with Crippen LogP contribution in [0.3, 0.4) is 0 Å². The van der Waals surface area contributed by atoms with Crippen LogP contribution in [-0.2, 0) is 20.1 Å². The van der Waals surface area contributed by atoms with E-state index in [9.17, 15) is 0 Å². The number of aryl methyl sites for hydroxylation is 1. The van der Waals surface area contributed by atoms with Gasteiger partial charge in [0.25, 0.3) is 0 Å². The summed E-state index contributed by atoms with van der Waals surface area (Å²) in [5, 5.41) is 7.62. The van der Waals surface area contributed by atoms with E-state index in [2.05, 4.69) is 9.88 Å². The lowest BCUT2D eigenvalue weighted by Gasteiger charge is -2.17. The molecule has 1 aromatic heterocycles. The van der Waals surface area contributed by atoms with E-state index < -0.39 is 0 Å². The van der Waals surface area contributed by atoms with E-state index in [0.717, 1.165) is 24.5 Å². The Morgan fingerprint density at radius 1 is 1.43 bits per heavy atom. The van der Waals surface area contributed by atoms with Crippen molar-refractivity contribution >= 4 is 5.84 Å². The van der Waals surface area contributed by atoms with E-state index in [1.54, 1.807) is 13.3 Å². The summed E-state index contributed by atoms with van der Waals surface area (Å²) in [6.45, 7) is 1.50. The van der Waals surface area contributed by atoms with Crippen LogP contribution in [0.4, 0.5) is 0 Å². The molecule has 21 heavy (non-hydrogen) atoms. The number of benzene rings is 1. The number of ether oxygens (including phenoxy) is 1. The predicted octanol–water partition coefficient (Wildman–Crippen LogP) is 1.34. The Balaban J connectivity index is 2.10. The van der Waals surface area contributed by atoms with Crippen LogP contribution in [0.15, 0.2) is 30.6 Å². The van der Waals surface area contributed by atoms with Crippen LogP contribution >= 0.6 is 0 Å². The Kier molecular flexibility index (Phi) is 4.59. The van der Waals surface area contributed by atoms with E-state index in [1.807, 2.05) is 43.1 Å². The average molecular weight is 287 g/mol. The summed E-state index contributed by atoms with van der Waals surface area (Å²) in [4.78, 5) is 6.48. The number of nitrogens with zero attached hydrogens (tertiary/aromatic N) is 3. The molecule has 6 nitrogen and oxygen atoms in total. The summed E-state index contributed by atoms with van der Waals surface area (Å²) >= 11 is 0. The minimum atomic E-state index is 0.0143. The normalized spacial score (nSPS) is 10.9. The maximum Gasteiger partial charge on any atom is 0.129 e. The van der Waals surface area contributed by atoms with Crippen molar-refractivity contribution < 1.29 is 4.74 Å². The van der Waals surface area contributed by atoms with Crippen LogP contribution in [0, 0.1) is 5.41 Å². The maximum absolute atomic E-state index is 7.62. The molecule has 112 valence electrons. The van der Waals surface area contributed by atoms with Crippen LogP contribution in [0.5, 0.6) is 5.75 Å². The zero-order valence-electron chi connectivity index (χ0n) is 12.6. The standard InChI is InChI=1S/C15H21N5O/c1-19(10-14-18-6-7-20(14)2)9-11-4-5-13(21-3)12(8-11)15(16)17/h4-8H,9-10H2,1-3H3,(H3,16,17). The Hall–Kier alpha value is -2.34. The van der Waals surface area contributed by atoms with Gasteiger partial charge in [-0.05, 0) is 24.7 Å². The van der Waals surface area contributed by atoms with Gasteiger partial charge in [-0.1, -0.05) is 6.07 Å². The fourth-order valence-electron chi connectivity index (χ4n) is 2.22. The summed E-state index contributed by atoms with van der Waals surface area (Å²) < 4.78 is 7.23. The molecule has 0 saturated carbocycles. The maximum atomic E-state index is 7.62. The minimum Gasteiger partial charge on any atom is -0.496 e. The third-order valence-electron chi connectivity index (χ3n) is 3.34. The van der Waals surface area contributed by atoms with Gasteiger partial charge in [-0.3, -0.25) is 10.3 Å². The molecule has 0 aliphatic rings. The van der Waals surface area contributed by atoms with Gasteiger partial charge in [-0.25, -0.2) is 4.98 Å². The van der Waals surface area contributed by atoms with Gasteiger partial charge in [-0.15, -0.1) is 0 Å². The quantitative estimate of drug-likeness (QED) is 0.621. The van der Waals surface area contributed by atoms with Gasteiger partial charge in [-0.2, -0.15) is 0 Å². The average Bonchev–Trinajstić information content (AvgIpc) is 2.84. The molecule has 0 aliphatic heterocycles. The molecular formula is C15H21N5O. The lowest BCUT2D eigenvalue weighted by molar-refractivity contribution is 0.307. The molecule has 0 saturated heterocycles. The van der Waals surface area contributed by atoms with Crippen LogP contribution in [0.2, 0.25) is 0 Å². The molecule has 3 N–H and O–H groups in total. The number of methoxy groups -OCH3 is 1. The van der Waals surface area contributed by atoms with E-state index in [1.165, 1.54) is 0 Å². The molecule has 0 bridgehead atoms. The van der Waals surface area contributed by atoms with Gasteiger partial charge >= 0.3 is 0 Å². The molecule has 0 fully saturated rings. The highest BCUT2D eigenvalue weighted by Gasteiger charge is 2.10. The van der Waals surface area contributed by atoms with Crippen LogP contribution < -0.4 is 10.5 Å². The fraction of sp³-hybridized carbons (Fsp3) is 0.333. The fourth-order valence-corrected chi connectivity index (χ4v) is 2.22. The molecular weight excluding hydrogens is 266 g/mol. The largest absolute Gasteiger partial charge is 0.496 e. The Labute approximate surface area is 124 Å². The number of nitrogens with one attached hydrogen (secondary N) is 1. The van der Waals surface area contributed by atoms with Crippen LogP contribution in [0.25, 0.3) is 0 Å². The number of nitrogen functional groups attached to an aromatic ring is 1. The van der Waals surface area contributed by atoms with Crippen molar-refractivity contribution in [2.75, 3.05) is 14.2 Å². The number of amidine groups is 1. The van der Waals surface area contributed by atoms with Gasteiger partial charge < -0.3 is 15.0 Å². The van der Waals surface area contributed by atoms with E-state index in [-0.39, 0.29) is 5.84 Å². The first-order valence-corrected chi connectivity index (χ1v) is 6.67. The number of aromatic nitrogens is 2. The monoisotopic (exact) mass is 287 g/mol. The molecule has 6 heteroatoms. The molecule has 2 rings (SSSR count). The molecule has 0 aliphatic carbocycles. The second-order valence-electron chi connectivity index (χ2n) is 5.07. The zero-order valence-corrected chi connectivity index (χ0v) is 12.6. The number of imidazole rings is 1. The number of rotatable bonds is 6. The van der Waals surface area contributed by atoms with Gasteiger partial charge in [0.2, 0.25) is 0 Å². The Morgan fingerprint density at radius 3 is 2.76 bits per heavy atom. The van der Waals surface area contributed by atoms with E-state index in [0.29, 0.717) is 11.3 Å². The summed E-state index contributed by atoms with van der Waals surface area (Å²) in [7, 11) is 5.60. The zero-order chi connectivity index (χ0) is 15.4. The van der Waals surface area contributed by atoms with Gasteiger partial charge in [0.1, 0.15) is 17.4 Å². The van der Waals surface area contributed by atoms with Crippen molar-refractivity contribution in [2.45, 2.75) is 13.1 Å². The second-order valence-corrected chi connectivity index (χ2v) is 5.07. The van der Waals surface area contributed by atoms with Crippen molar-refractivity contribution in [3.8, 4) is 5.75 Å². The third kappa shape index (κ3) is 3.61. The number of nitrogens with two attached hydrogens (primary N) is 1. The van der Waals surface area contributed by atoms with Crippen molar-refractivity contribution in [3.05, 3.63) is 47.5 Å². The van der Waals surface area contributed by atoms with Gasteiger partial charge in [0.05, 0.1) is 19.2 Å². The first-order chi connectivity index (χ1) is 10.0. The summed E-state index contributed by atoms with van der Waals surface area (Å²) in [5.41, 5.74) is 7.30. The number of hydrogen-bond donors (Lipinski definition) is 2. The lowest BCUT2D eigenvalue weighted by atomic mass is 10.1. The summed E-state index contributed by atoms with van der Waals surface area (Å²) in [6.07, 6.45) is 3.73. The van der Waals surface area contributed by atoms with Crippen molar-refractivity contribution in [2.24, 2.45) is 12.8 Å². The Morgan fingerprint density at radius 2 is 2.19 bits per heavy atom. The number of hydrogen-bond acceptors (Lipinski definition) is 4. The SMILES string of the molecule is COc1ccc(CN(C)Cc2nccn2C)cc1C(=N)N. The smallest absolute Gasteiger partial charge is 0.129 e. The molecule has 0 amide bonds. The highest BCUT2D eigenvalue weighted by atomic mass is 16.5. The highest BCUT2D eigenvalue weighted by Crippen LogP contribution is 2.20. The molecule has 1 heterocycles. The molecule has 0 unspecified atom stereocenters. The van der Waals surface area contributed by atoms with Gasteiger partial charge in [0, 0.05) is 26.0 Å². The van der Waals surface area contributed by atoms with Crippen LogP contribution in [-0.4, -0.2) is 34.4 Å². The second kappa shape index (κ2) is 6.41. The highest BCUT2D eigenvalue weighted by molar-refractivity contribution is 5.97. The molecule has 1 aromatic carbocycles. The molecule has 0 atom stereocenters. The topological polar surface area (TPSA) is 80.2 Å². The van der Waals surface area contributed by atoms with Crippen LogP contribution in [0.1, 0.15) is 17.0 Å². The molecule has 0 radical (unpaired) electrons.